The van der Waals surface area contributed by atoms with Crippen LogP contribution in [0.2, 0.25) is 0 Å². The third-order valence-electron chi connectivity index (χ3n) is 5.86. The summed E-state index contributed by atoms with van der Waals surface area (Å²) >= 11 is 0. The van der Waals surface area contributed by atoms with Crippen molar-refractivity contribution >= 4 is 17.3 Å². The lowest BCUT2D eigenvalue weighted by atomic mass is 10.1. The summed E-state index contributed by atoms with van der Waals surface area (Å²) in [6.45, 7) is 3.10. The molecule has 0 saturated heterocycles. The molecule has 0 spiro atoms. The number of para-hydroxylation sites is 1. The van der Waals surface area contributed by atoms with Crippen molar-refractivity contribution in [3.63, 3.8) is 0 Å². The van der Waals surface area contributed by atoms with Crippen LogP contribution in [0.1, 0.15) is 34.3 Å². The van der Waals surface area contributed by atoms with Crippen molar-refractivity contribution in [2.75, 3.05) is 10.2 Å². The molecular formula is C27H25N3O3. The first-order valence-electron chi connectivity index (χ1n) is 11.0. The Balaban J connectivity index is 1.27. The lowest BCUT2D eigenvalue weighted by molar-refractivity contribution is 0.102. The summed E-state index contributed by atoms with van der Waals surface area (Å²) in [4.78, 5) is 19.6. The van der Waals surface area contributed by atoms with E-state index in [1.54, 1.807) is 24.6 Å². The number of anilines is 2. The van der Waals surface area contributed by atoms with Gasteiger partial charge < -0.3 is 19.4 Å². The fourth-order valence-corrected chi connectivity index (χ4v) is 4.19. The molecule has 0 aliphatic carbocycles. The van der Waals surface area contributed by atoms with Crippen molar-refractivity contribution in [1.29, 1.82) is 0 Å². The summed E-state index contributed by atoms with van der Waals surface area (Å²) in [5.41, 5.74) is 4.56. The zero-order valence-corrected chi connectivity index (χ0v) is 18.4. The Kier molecular flexibility index (Phi) is 5.81. The molecule has 1 N–H and O–H groups in total. The van der Waals surface area contributed by atoms with E-state index < -0.39 is 0 Å². The molecule has 33 heavy (non-hydrogen) atoms. The van der Waals surface area contributed by atoms with Gasteiger partial charge in [-0.1, -0.05) is 30.3 Å². The number of benzene rings is 2. The number of amides is 1. The van der Waals surface area contributed by atoms with Gasteiger partial charge in [0.25, 0.3) is 5.91 Å². The van der Waals surface area contributed by atoms with Gasteiger partial charge in [-0.3, -0.25) is 9.78 Å². The number of rotatable bonds is 7. The average molecular weight is 440 g/mol. The molecule has 4 aromatic rings. The van der Waals surface area contributed by atoms with Crippen LogP contribution in [-0.4, -0.2) is 16.9 Å². The number of carbonyl (C=O) groups excluding carboxylic acids is 1. The van der Waals surface area contributed by atoms with Crippen LogP contribution in [0.4, 0.5) is 11.4 Å². The Morgan fingerprint density at radius 2 is 2.00 bits per heavy atom. The first-order valence-corrected chi connectivity index (χ1v) is 11.0. The quantitative estimate of drug-likeness (QED) is 0.414. The van der Waals surface area contributed by atoms with E-state index in [2.05, 4.69) is 40.3 Å². The summed E-state index contributed by atoms with van der Waals surface area (Å²) in [6, 6.07) is 23.5. The van der Waals surface area contributed by atoms with E-state index in [0.29, 0.717) is 42.0 Å². The first-order chi connectivity index (χ1) is 16.2. The number of fused-ring (bicyclic) bond motifs is 1. The number of furan rings is 1. The van der Waals surface area contributed by atoms with E-state index in [0.717, 1.165) is 12.1 Å². The largest absolute Gasteiger partial charge is 0.487 e. The predicted octanol–water partition coefficient (Wildman–Crippen LogP) is 5.46. The number of nitrogens with one attached hydrogen (secondary N) is 1. The molecule has 2 aromatic heterocycles. The van der Waals surface area contributed by atoms with Crippen LogP contribution in [0.15, 0.2) is 89.7 Å². The molecule has 0 fully saturated rings. The van der Waals surface area contributed by atoms with Gasteiger partial charge >= 0.3 is 0 Å². The van der Waals surface area contributed by atoms with Crippen molar-refractivity contribution < 1.29 is 13.9 Å². The number of pyridine rings is 1. The molecule has 166 valence electrons. The molecule has 1 aliphatic heterocycles. The van der Waals surface area contributed by atoms with Crippen LogP contribution < -0.4 is 15.0 Å². The summed E-state index contributed by atoms with van der Waals surface area (Å²) in [7, 11) is 0. The van der Waals surface area contributed by atoms with Gasteiger partial charge in [0.2, 0.25) is 0 Å². The van der Waals surface area contributed by atoms with E-state index in [4.69, 9.17) is 9.15 Å². The Hall–Kier alpha value is -4.06. The third-order valence-corrected chi connectivity index (χ3v) is 5.86. The monoisotopic (exact) mass is 439 g/mol. The van der Waals surface area contributed by atoms with Crippen molar-refractivity contribution in [3.8, 4) is 5.75 Å². The fourth-order valence-electron chi connectivity index (χ4n) is 4.19. The molecule has 1 atom stereocenters. The topological polar surface area (TPSA) is 67.6 Å². The number of nitrogens with zero attached hydrogens (tertiary/aromatic N) is 2. The smallest absolute Gasteiger partial charge is 0.259 e. The second-order valence-corrected chi connectivity index (χ2v) is 8.16. The van der Waals surface area contributed by atoms with Crippen molar-refractivity contribution in [1.82, 2.24) is 4.98 Å². The molecule has 1 aliphatic rings. The maximum Gasteiger partial charge on any atom is 0.259 e. The number of aromatic nitrogens is 1. The van der Waals surface area contributed by atoms with Crippen LogP contribution in [0, 0.1) is 0 Å². The zero-order chi connectivity index (χ0) is 22.6. The van der Waals surface area contributed by atoms with Gasteiger partial charge in [-0.15, -0.1) is 0 Å². The van der Waals surface area contributed by atoms with Crippen LogP contribution in [0.25, 0.3) is 0 Å². The van der Waals surface area contributed by atoms with E-state index in [1.807, 2.05) is 42.5 Å². The van der Waals surface area contributed by atoms with Crippen molar-refractivity contribution in [2.24, 2.45) is 0 Å². The van der Waals surface area contributed by atoms with E-state index in [9.17, 15) is 4.79 Å². The lowest BCUT2D eigenvalue weighted by Crippen LogP contribution is -2.29. The Morgan fingerprint density at radius 1 is 1.12 bits per heavy atom. The highest BCUT2D eigenvalue weighted by molar-refractivity contribution is 6.05. The maximum atomic E-state index is 13.0. The standard InChI is InChI=1S/C27H25N3O3/c1-19-15-20-7-2-3-11-25(20)30(19)17-26-24(12-14-32-26)27(31)29-21-9-6-10-23(16-21)33-18-22-8-4-5-13-28-22/h2-14,16,19H,15,17-18H2,1H3,(H,29,31). The van der Waals surface area contributed by atoms with E-state index in [-0.39, 0.29) is 5.91 Å². The van der Waals surface area contributed by atoms with Crippen LogP contribution in [-0.2, 0) is 19.6 Å². The molecule has 5 rings (SSSR count). The molecule has 6 nitrogen and oxygen atoms in total. The van der Waals surface area contributed by atoms with Crippen LogP contribution in [0.5, 0.6) is 5.75 Å². The van der Waals surface area contributed by atoms with Gasteiger partial charge in [-0.2, -0.15) is 0 Å². The maximum absolute atomic E-state index is 13.0. The minimum atomic E-state index is -0.208. The highest BCUT2D eigenvalue weighted by Crippen LogP contribution is 2.33. The summed E-state index contributed by atoms with van der Waals surface area (Å²) in [5.74, 6) is 1.10. The molecule has 0 radical (unpaired) electrons. The van der Waals surface area contributed by atoms with Gasteiger partial charge in [0.15, 0.2) is 0 Å². The van der Waals surface area contributed by atoms with E-state index in [1.165, 1.54) is 11.3 Å². The molecule has 6 heteroatoms. The van der Waals surface area contributed by atoms with E-state index >= 15 is 0 Å². The summed E-state index contributed by atoms with van der Waals surface area (Å²) in [5, 5.41) is 2.97. The van der Waals surface area contributed by atoms with Crippen molar-refractivity contribution in [2.45, 2.75) is 32.5 Å². The van der Waals surface area contributed by atoms with Crippen molar-refractivity contribution in [3.05, 3.63) is 108 Å². The van der Waals surface area contributed by atoms with Gasteiger partial charge in [-0.25, -0.2) is 0 Å². The lowest BCUT2D eigenvalue weighted by Gasteiger charge is -2.24. The normalized spacial score (nSPS) is 14.7. The van der Waals surface area contributed by atoms with Gasteiger partial charge in [0.05, 0.1) is 24.1 Å². The summed E-state index contributed by atoms with van der Waals surface area (Å²) < 4.78 is 11.5. The van der Waals surface area contributed by atoms with Crippen LogP contribution in [0.3, 0.4) is 0 Å². The Morgan fingerprint density at radius 3 is 2.88 bits per heavy atom. The molecule has 0 bridgehead atoms. The average Bonchev–Trinajstić information content (AvgIpc) is 3.43. The number of carbonyl (C=O) groups is 1. The Labute approximate surface area is 192 Å². The molecule has 0 saturated carbocycles. The SMILES string of the molecule is CC1Cc2ccccc2N1Cc1occc1C(=O)Nc1cccc(OCc2ccccn2)c1. The molecule has 1 unspecified atom stereocenters. The molecule has 2 aromatic carbocycles. The van der Waals surface area contributed by atoms with Crippen LogP contribution >= 0.6 is 0 Å². The third kappa shape index (κ3) is 4.60. The number of hydrogen-bond donors (Lipinski definition) is 1. The number of ether oxygens (including phenoxy) is 1. The minimum absolute atomic E-state index is 0.208. The second-order valence-electron chi connectivity index (χ2n) is 8.16. The second kappa shape index (κ2) is 9.20. The van der Waals surface area contributed by atoms with Gasteiger partial charge in [0.1, 0.15) is 18.1 Å². The predicted molar refractivity (Wildman–Crippen MR) is 127 cm³/mol. The minimum Gasteiger partial charge on any atom is -0.487 e. The Bertz CT molecular complexity index is 1250. The number of hydrogen-bond acceptors (Lipinski definition) is 5. The van der Waals surface area contributed by atoms with Gasteiger partial charge in [-0.05, 0) is 55.3 Å². The fraction of sp³-hybridized carbons (Fsp3) is 0.185. The highest BCUT2D eigenvalue weighted by atomic mass is 16.5. The summed E-state index contributed by atoms with van der Waals surface area (Å²) in [6.07, 6.45) is 4.30. The first kappa shape index (κ1) is 20.8. The molecular weight excluding hydrogens is 414 g/mol. The molecule has 3 heterocycles. The zero-order valence-electron chi connectivity index (χ0n) is 18.4. The van der Waals surface area contributed by atoms with Gasteiger partial charge in [0, 0.05) is 29.7 Å². The highest BCUT2D eigenvalue weighted by Gasteiger charge is 2.28. The molecule has 1 amide bonds.